The van der Waals surface area contributed by atoms with Crippen molar-refractivity contribution in [3.8, 4) is 0 Å². The molecule has 1 unspecified atom stereocenters. The quantitative estimate of drug-likeness (QED) is 0.755. The number of nitrogens with zero attached hydrogens (tertiary/aromatic N) is 2. The third kappa shape index (κ3) is 3.71. The van der Waals surface area contributed by atoms with E-state index in [1.165, 1.54) is 0 Å². The molecule has 1 aromatic rings. The maximum Gasteiger partial charge on any atom is 0.276 e. The second kappa shape index (κ2) is 7.13. The molecule has 0 spiro atoms. The lowest BCUT2D eigenvalue weighted by Crippen LogP contribution is -2.49. The van der Waals surface area contributed by atoms with E-state index < -0.39 is 0 Å². The largest absolute Gasteiger partial charge is 0.448 e. The van der Waals surface area contributed by atoms with E-state index in [-0.39, 0.29) is 29.3 Å². The first kappa shape index (κ1) is 19.1. The minimum atomic E-state index is -0.0873. The molecule has 1 N–H and O–H groups in total. The van der Waals surface area contributed by atoms with Gasteiger partial charge in [0.1, 0.15) is 6.26 Å². The van der Waals surface area contributed by atoms with Crippen LogP contribution in [0, 0.1) is 17.3 Å². The number of aromatic nitrogens is 1. The Balaban J connectivity index is 1.17. The number of carbonyl (C=O) groups excluding carboxylic acids is 2. The van der Waals surface area contributed by atoms with Gasteiger partial charge in [0.05, 0.1) is 0 Å². The average molecular weight is 400 g/mol. The highest BCUT2D eigenvalue weighted by Gasteiger charge is 2.50. The van der Waals surface area contributed by atoms with Crippen LogP contribution in [0.1, 0.15) is 93.9 Å². The predicted octanol–water partition coefficient (Wildman–Crippen LogP) is 3.88. The Morgan fingerprint density at radius 1 is 1.21 bits per heavy atom. The van der Waals surface area contributed by atoms with Gasteiger partial charge in [0, 0.05) is 30.0 Å². The molecule has 158 valence electrons. The molecule has 6 nitrogen and oxygen atoms in total. The monoisotopic (exact) mass is 399 g/mol. The molecule has 2 aliphatic heterocycles. The van der Waals surface area contributed by atoms with Crippen LogP contribution >= 0.6 is 0 Å². The summed E-state index contributed by atoms with van der Waals surface area (Å²) in [4.78, 5) is 32.3. The molecular formula is C23H33N3O3. The Morgan fingerprint density at radius 3 is 2.48 bits per heavy atom. The number of piperidine rings is 1. The average Bonchev–Trinajstić information content (AvgIpc) is 3.61. The summed E-state index contributed by atoms with van der Waals surface area (Å²) in [6.45, 7) is 5.14. The minimum Gasteiger partial charge on any atom is -0.448 e. The zero-order valence-corrected chi connectivity index (χ0v) is 17.7. The number of amides is 2. The van der Waals surface area contributed by atoms with Gasteiger partial charge in [-0.15, -0.1) is 0 Å². The van der Waals surface area contributed by atoms with Crippen LogP contribution in [-0.4, -0.2) is 40.3 Å². The standard InChI is InChI=1S/C23H33N3O3/c1-14(2)11-23(7-8-23)22(28)24-12-15-9-17-5-6-18(10-15)26(17)21(27)19-13-29-20(25-19)16-3-4-16/h13-18H,3-12H2,1-2H3,(H,24,28)/t15?,17-,18+. The first-order valence-corrected chi connectivity index (χ1v) is 11.5. The van der Waals surface area contributed by atoms with Gasteiger partial charge in [0.2, 0.25) is 5.91 Å². The molecule has 2 bridgehead atoms. The molecule has 4 fully saturated rings. The van der Waals surface area contributed by atoms with Gasteiger partial charge in [0.25, 0.3) is 5.91 Å². The SMILES string of the molecule is CC(C)CC1(C(=O)NCC2C[C@H]3CC[C@@H](C2)N3C(=O)c2coc(C3CC3)n2)CC1. The van der Waals surface area contributed by atoms with Crippen LogP contribution in [0.4, 0.5) is 0 Å². The van der Waals surface area contributed by atoms with E-state index in [9.17, 15) is 9.59 Å². The maximum absolute atomic E-state index is 13.1. The smallest absolute Gasteiger partial charge is 0.276 e. The summed E-state index contributed by atoms with van der Waals surface area (Å²) in [5.41, 5.74) is 0.385. The molecule has 2 saturated carbocycles. The topological polar surface area (TPSA) is 75.4 Å². The van der Waals surface area contributed by atoms with E-state index in [0.29, 0.717) is 23.4 Å². The molecule has 3 heterocycles. The summed E-state index contributed by atoms with van der Waals surface area (Å²) in [6, 6.07) is 0.546. The Morgan fingerprint density at radius 2 is 1.90 bits per heavy atom. The van der Waals surface area contributed by atoms with E-state index in [1.54, 1.807) is 6.26 Å². The van der Waals surface area contributed by atoms with E-state index in [2.05, 4.69) is 29.0 Å². The lowest BCUT2D eigenvalue weighted by atomic mass is 9.89. The van der Waals surface area contributed by atoms with Crippen LogP contribution in [0.15, 0.2) is 10.7 Å². The molecule has 4 aliphatic rings. The predicted molar refractivity (Wildman–Crippen MR) is 108 cm³/mol. The first-order chi connectivity index (χ1) is 13.9. The number of rotatable bonds is 7. The zero-order valence-electron chi connectivity index (χ0n) is 17.7. The van der Waals surface area contributed by atoms with Gasteiger partial charge in [-0.1, -0.05) is 13.8 Å². The van der Waals surface area contributed by atoms with Crippen molar-refractivity contribution in [2.75, 3.05) is 6.54 Å². The second-order valence-corrected chi connectivity index (χ2v) is 10.4. The highest BCUT2D eigenvalue weighted by Crippen LogP contribution is 2.51. The van der Waals surface area contributed by atoms with Crippen molar-refractivity contribution in [3.05, 3.63) is 17.8 Å². The van der Waals surface area contributed by atoms with Crippen molar-refractivity contribution in [2.24, 2.45) is 17.3 Å². The molecule has 2 aliphatic carbocycles. The van der Waals surface area contributed by atoms with Crippen molar-refractivity contribution < 1.29 is 14.0 Å². The zero-order chi connectivity index (χ0) is 20.2. The van der Waals surface area contributed by atoms with Gasteiger partial charge >= 0.3 is 0 Å². The van der Waals surface area contributed by atoms with E-state index in [0.717, 1.165) is 70.2 Å². The van der Waals surface area contributed by atoms with E-state index >= 15 is 0 Å². The third-order valence-corrected chi connectivity index (χ3v) is 7.42. The highest BCUT2D eigenvalue weighted by atomic mass is 16.3. The molecule has 5 rings (SSSR count). The third-order valence-electron chi connectivity index (χ3n) is 7.42. The first-order valence-electron chi connectivity index (χ1n) is 11.5. The van der Waals surface area contributed by atoms with Gasteiger partial charge in [-0.05, 0) is 69.6 Å². The van der Waals surface area contributed by atoms with Crippen LogP contribution < -0.4 is 5.32 Å². The fourth-order valence-corrected chi connectivity index (χ4v) is 5.70. The number of hydrogen-bond donors (Lipinski definition) is 1. The van der Waals surface area contributed by atoms with Gasteiger partial charge in [-0.25, -0.2) is 4.98 Å². The van der Waals surface area contributed by atoms with Crippen molar-refractivity contribution in [2.45, 2.75) is 89.6 Å². The number of oxazole rings is 1. The number of hydrogen-bond acceptors (Lipinski definition) is 4. The molecule has 2 saturated heterocycles. The van der Waals surface area contributed by atoms with Gasteiger partial charge < -0.3 is 14.6 Å². The molecular weight excluding hydrogens is 366 g/mol. The number of carbonyl (C=O) groups is 2. The molecule has 29 heavy (non-hydrogen) atoms. The molecule has 1 aromatic heterocycles. The van der Waals surface area contributed by atoms with Crippen molar-refractivity contribution in [1.82, 2.24) is 15.2 Å². The Kier molecular flexibility index (Phi) is 4.71. The van der Waals surface area contributed by atoms with Crippen LogP contribution in [0.3, 0.4) is 0 Å². The number of nitrogens with one attached hydrogen (secondary N) is 1. The molecule has 0 aromatic carbocycles. The summed E-state index contributed by atoms with van der Waals surface area (Å²) in [7, 11) is 0. The fraction of sp³-hybridized carbons (Fsp3) is 0.783. The summed E-state index contributed by atoms with van der Waals surface area (Å²) < 4.78 is 5.54. The van der Waals surface area contributed by atoms with Crippen molar-refractivity contribution in [1.29, 1.82) is 0 Å². The second-order valence-electron chi connectivity index (χ2n) is 10.4. The van der Waals surface area contributed by atoms with E-state index in [4.69, 9.17) is 4.42 Å². The summed E-state index contributed by atoms with van der Waals surface area (Å²) in [6.07, 6.45) is 10.9. The lowest BCUT2D eigenvalue weighted by Gasteiger charge is -2.38. The Hall–Kier alpha value is -1.85. The highest BCUT2D eigenvalue weighted by molar-refractivity contribution is 5.92. The summed E-state index contributed by atoms with van der Waals surface area (Å²) in [5.74, 6) is 2.47. The van der Waals surface area contributed by atoms with Gasteiger partial charge in [-0.2, -0.15) is 0 Å². The number of fused-ring (bicyclic) bond motifs is 2. The van der Waals surface area contributed by atoms with Gasteiger partial charge in [0.15, 0.2) is 11.6 Å². The Bertz CT molecular complexity index is 779. The fourth-order valence-electron chi connectivity index (χ4n) is 5.70. The van der Waals surface area contributed by atoms with Crippen LogP contribution in [-0.2, 0) is 4.79 Å². The maximum atomic E-state index is 13.1. The Labute approximate surface area is 172 Å². The van der Waals surface area contributed by atoms with Crippen molar-refractivity contribution in [3.63, 3.8) is 0 Å². The van der Waals surface area contributed by atoms with Gasteiger partial charge in [-0.3, -0.25) is 9.59 Å². The molecule has 0 radical (unpaired) electrons. The summed E-state index contributed by atoms with van der Waals surface area (Å²) >= 11 is 0. The lowest BCUT2D eigenvalue weighted by molar-refractivity contribution is -0.127. The van der Waals surface area contributed by atoms with Crippen LogP contribution in [0.5, 0.6) is 0 Å². The van der Waals surface area contributed by atoms with Crippen molar-refractivity contribution >= 4 is 11.8 Å². The molecule has 2 amide bonds. The molecule has 6 heteroatoms. The van der Waals surface area contributed by atoms with E-state index in [1.807, 2.05) is 0 Å². The minimum absolute atomic E-state index is 0.0319. The van der Waals surface area contributed by atoms with Crippen LogP contribution in [0.25, 0.3) is 0 Å². The molecule has 3 atom stereocenters. The summed E-state index contributed by atoms with van der Waals surface area (Å²) in [5, 5.41) is 3.26. The normalized spacial score (nSPS) is 29.9. The van der Waals surface area contributed by atoms with Crippen LogP contribution in [0.2, 0.25) is 0 Å².